The molecule has 0 radical (unpaired) electrons. The molecular weight excluding hydrogens is 278 g/mol. The summed E-state index contributed by atoms with van der Waals surface area (Å²) in [4.78, 5) is 13.4. The number of nitrogens with two attached hydrogens (primary N) is 1. The molecule has 20 heavy (non-hydrogen) atoms. The highest BCUT2D eigenvalue weighted by atomic mass is 32.1. The number of carbonyl (C=O) groups excluding carboxylic acids is 1. The summed E-state index contributed by atoms with van der Waals surface area (Å²) in [6.45, 7) is 2.32. The number of benzene rings is 1. The molecule has 108 valence electrons. The lowest BCUT2D eigenvalue weighted by Gasteiger charge is -2.15. The van der Waals surface area contributed by atoms with E-state index in [0.29, 0.717) is 43.3 Å². The second-order valence-electron chi connectivity index (χ2n) is 4.33. The lowest BCUT2D eigenvalue weighted by molar-refractivity contribution is 0.202. The number of hydrogen-bond donors (Lipinski definition) is 2. The van der Waals surface area contributed by atoms with Crippen LogP contribution in [0.25, 0.3) is 0 Å². The summed E-state index contributed by atoms with van der Waals surface area (Å²) in [5, 5.41) is 2.74. The molecule has 1 aliphatic heterocycles. The average molecular weight is 295 g/mol. The molecule has 0 spiro atoms. The Morgan fingerprint density at radius 1 is 1.45 bits per heavy atom. The molecule has 1 aliphatic rings. The van der Waals surface area contributed by atoms with E-state index in [0.717, 1.165) is 0 Å². The van der Waals surface area contributed by atoms with Gasteiger partial charge in [0.05, 0.1) is 13.7 Å². The largest absolute Gasteiger partial charge is 0.497 e. The number of thiocarbonyl (C=S) groups is 1. The minimum absolute atomic E-state index is 0.0527. The van der Waals surface area contributed by atoms with Crippen molar-refractivity contribution in [3.05, 3.63) is 23.8 Å². The standard InChI is InChI=1S/C13H17N3O3S/c1-18-10-6-9(12(14)20)7-11(8-10)19-5-4-16-3-2-15-13(16)17/h6-8H,2-5H2,1H3,(H2,14,20)(H,15,17). The zero-order valence-electron chi connectivity index (χ0n) is 11.2. The van der Waals surface area contributed by atoms with Crippen molar-refractivity contribution in [2.45, 2.75) is 0 Å². The van der Waals surface area contributed by atoms with Crippen LogP contribution in [0.4, 0.5) is 4.79 Å². The fourth-order valence-corrected chi connectivity index (χ4v) is 2.03. The Kier molecular flexibility index (Phi) is 4.62. The van der Waals surface area contributed by atoms with Gasteiger partial charge in [-0.1, -0.05) is 12.2 Å². The number of ether oxygens (including phenoxy) is 2. The SMILES string of the molecule is COc1cc(OCCN2CCNC2=O)cc(C(N)=S)c1. The summed E-state index contributed by atoms with van der Waals surface area (Å²) in [6, 6.07) is 5.21. The summed E-state index contributed by atoms with van der Waals surface area (Å²) in [6.07, 6.45) is 0. The van der Waals surface area contributed by atoms with Crippen molar-refractivity contribution in [2.75, 3.05) is 33.4 Å². The van der Waals surface area contributed by atoms with E-state index in [9.17, 15) is 4.79 Å². The van der Waals surface area contributed by atoms with Crippen molar-refractivity contribution < 1.29 is 14.3 Å². The molecule has 0 bridgehead atoms. The van der Waals surface area contributed by atoms with Crippen LogP contribution in [0.15, 0.2) is 18.2 Å². The van der Waals surface area contributed by atoms with E-state index in [1.54, 1.807) is 30.2 Å². The van der Waals surface area contributed by atoms with Crippen LogP contribution >= 0.6 is 12.2 Å². The van der Waals surface area contributed by atoms with Gasteiger partial charge in [0.1, 0.15) is 23.1 Å². The van der Waals surface area contributed by atoms with Gasteiger partial charge in [-0.05, 0) is 12.1 Å². The number of carbonyl (C=O) groups is 1. The molecule has 7 heteroatoms. The van der Waals surface area contributed by atoms with E-state index in [-0.39, 0.29) is 11.0 Å². The van der Waals surface area contributed by atoms with Crippen molar-refractivity contribution in [2.24, 2.45) is 5.73 Å². The highest BCUT2D eigenvalue weighted by Gasteiger charge is 2.18. The Balaban J connectivity index is 1.96. The monoisotopic (exact) mass is 295 g/mol. The van der Waals surface area contributed by atoms with E-state index < -0.39 is 0 Å². The van der Waals surface area contributed by atoms with Gasteiger partial charge >= 0.3 is 6.03 Å². The Morgan fingerprint density at radius 2 is 2.20 bits per heavy atom. The number of hydrogen-bond acceptors (Lipinski definition) is 4. The fourth-order valence-electron chi connectivity index (χ4n) is 1.91. The predicted octanol–water partition coefficient (Wildman–Crippen LogP) is 0.733. The molecule has 0 unspecified atom stereocenters. The van der Waals surface area contributed by atoms with Crippen molar-refractivity contribution in [1.29, 1.82) is 0 Å². The molecule has 1 fully saturated rings. The zero-order chi connectivity index (χ0) is 14.5. The first-order valence-corrected chi connectivity index (χ1v) is 6.65. The molecule has 1 heterocycles. The quantitative estimate of drug-likeness (QED) is 0.757. The third-order valence-corrected chi connectivity index (χ3v) is 3.21. The van der Waals surface area contributed by atoms with E-state index in [1.165, 1.54) is 0 Å². The maximum Gasteiger partial charge on any atom is 0.317 e. The molecule has 0 aromatic heterocycles. The maximum atomic E-state index is 11.4. The van der Waals surface area contributed by atoms with Gasteiger partial charge in [-0.15, -0.1) is 0 Å². The smallest absolute Gasteiger partial charge is 0.317 e. The first-order chi connectivity index (χ1) is 9.60. The van der Waals surface area contributed by atoms with Gasteiger partial charge in [0, 0.05) is 24.7 Å². The van der Waals surface area contributed by atoms with E-state index in [1.807, 2.05) is 0 Å². The van der Waals surface area contributed by atoms with Gasteiger partial charge < -0.3 is 25.4 Å². The van der Waals surface area contributed by atoms with Crippen LogP contribution in [0.5, 0.6) is 11.5 Å². The van der Waals surface area contributed by atoms with Crippen LogP contribution in [0.2, 0.25) is 0 Å². The van der Waals surface area contributed by atoms with Gasteiger partial charge in [0.25, 0.3) is 0 Å². The second kappa shape index (κ2) is 6.42. The molecule has 0 atom stereocenters. The molecule has 0 saturated carbocycles. The molecule has 1 saturated heterocycles. The van der Waals surface area contributed by atoms with Gasteiger partial charge in [0.15, 0.2) is 0 Å². The van der Waals surface area contributed by atoms with Gasteiger partial charge in [0.2, 0.25) is 0 Å². The molecule has 2 amide bonds. The van der Waals surface area contributed by atoms with E-state index in [2.05, 4.69) is 5.32 Å². The van der Waals surface area contributed by atoms with Crippen molar-refractivity contribution in [1.82, 2.24) is 10.2 Å². The van der Waals surface area contributed by atoms with Gasteiger partial charge in [-0.3, -0.25) is 0 Å². The molecule has 3 N–H and O–H groups in total. The van der Waals surface area contributed by atoms with Crippen LogP contribution in [-0.2, 0) is 0 Å². The van der Waals surface area contributed by atoms with Crippen LogP contribution in [0.1, 0.15) is 5.56 Å². The first kappa shape index (κ1) is 14.4. The summed E-state index contributed by atoms with van der Waals surface area (Å²) in [7, 11) is 1.57. The maximum absolute atomic E-state index is 11.4. The summed E-state index contributed by atoms with van der Waals surface area (Å²) < 4.78 is 10.8. The predicted molar refractivity (Wildman–Crippen MR) is 79.3 cm³/mol. The second-order valence-corrected chi connectivity index (χ2v) is 4.77. The summed E-state index contributed by atoms with van der Waals surface area (Å²) in [5.74, 6) is 1.25. The van der Waals surface area contributed by atoms with Crippen LogP contribution in [0, 0.1) is 0 Å². The normalized spacial score (nSPS) is 14.1. The lowest BCUT2D eigenvalue weighted by Crippen LogP contribution is -2.31. The van der Waals surface area contributed by atoms with Crippen molar-refractivity contribution in [3.8, 4) is 11.5 Å². The molecule has 1 aromatic rings. The average Bonchev–Trinajstić information content (AvgIpc) is 2.84. The third-order valence-electron chi connectivity index (χ3n) is 2.98. The number of nitrogens with one attached hydrogen (secondary N) is 1. The van der Waals surface area contributed by atoms with E-state index in [4.69, 9.17) is 27.4 Å². The van der Waals surface area contributed by atoms with Gasteiger partial charge in [-0.2, -0.15) is 0 Å². The number of urea groups is 1. The van der Waals surface area contributed by atoms with Crippen LogP contribution in [-0.4, -0.2) is 49.3 Å². The Morgan fingerprint density at radius 3 is 2.80 bits per heavy atom. The lowest BCUT2D eigenvalue weighted by atomic mass is 10.2. The van der Waals surface area contributed by atoms with Crippen molar-refractivity contribution in [3.63, 3.8) is 0 Å². The number of nitrogens with zero attached hydrogens (tertiary/aromatic N) is 1. The minimum atomic E-state index is -0.0527. The topological polar surface area (TPSA) is 76.8 Å². The molecular formula is C13H17N3O3S. The number of amides is 2. The summed E-state index contributed by atoms with van der Waals surface area (Å²) in [5.41, 5.74) is 6.30. The Bertz CT molecular complexity index is 522. The van der Waals surface area contributed by atoms with Crippen molar-refractivity contribution >= 4 is 23.2 Å². The molecule has 2 rings (SSSR count). The molecule has 0 aliphatic carbocycles. The van der Waals surface area contributed by atoms with Crippen LogP contribution in [0.3, 0.4) is 0 Å². The third kappa shape index (κ3) is 3.51. The van der Waals surface area contributed by atoms with E-state index >= 15 is 0 Å². The van der Waals surface area contributed by atoms with Crippen LogP contribution < -0.4 is 20.5 Å². The Labute approximate surface area is 122 Å². The fraction of sp³-hybridized carbons (Fsp3) is 0.385. The highest BCUT2D eigenvalue weighted by molar-refractivity contribution is 7.80. The Hall–Kier alpha value is -2.02. The van der Waals surface area contributed by atoms with Gasteiger partial charge in [-0.25, -0.2) is 4.79 Å². The number of rotatable bonds is 6. The highest BCUT2D eigenvalue weighted by Crippen LogP contribution is 2.22. The molecule has 1 aromatic carbocycles. The minimum Gasteiger partial charge on any atom is -0.497 e. The zero-order valence-corrected chi connectivity index (χ0v) is 12.0. The molecule has 6 nitrogen and oxygen atoms in total. The first-order valence-electron chi connectivity index (χ1n) is 6.24. The summed E-state index contributed by atoms with van der Waals surface area (Å²) >= 11 is 4.95. The number of methoxy groups -OCH3 is 1.